The number of thiophene rings is 1. The first-order valence-corrected chi connectivity index (χ1v) is 9.18. The number of aromatic carboxylic acids is 1. The number of nitrogens with one attached hydrogen (secondary N) is 1. The van der Waals surface area contributed by atoms with Crippen molar-refractivity contribution >= 4 is 34.6 Å². The molecule has 0 aliphatic carbocycles. The average molecular weight is 389 g/mol. The number of carboxylic acid groups (broad SMARTS) is 2. The molecule has 0 amide bonds. The van der Waals surface area contributed by atoms with E-state index in [0.717, 1.165) is 22.0 Å². The van der Waals surface area contributed by atoms with Crippen LogP contribution in [0.3, 0.4) is 0 Å². The Balaban J connectivity index is 0. The number of aldehydes is 1. The summed E-state index contributed by atoms with van der Waals surface area (Å²) in [6.07, 6.45) is -0.167. The molecule has 0 atom stereocenters. The summed E-state index contributed by atoms with van der Waals surface area (Å²) < 4.78 is 0. The van der Waals surface area contributed by atoms with Crippen LogP contribution in [0.4, 0.5) is 5.00 Å². The van der Waals surface area contributed by atoms with Gasteiger partial charge >= 0.3 is 11.9 Å². The van der Waals surface area contributed by atoms with Crippen LogP contribution in [0.25, 0.3) is 0 Å². The van der Waals surface area contributed by atoms with Gasteiger partial charge < -0.3 is 20.4 Å². The van der Waals surface area contributed by atoms with Gasteiger partial charge in [-0.1, -0.05) is 20.8 Å². The van der Waals surface area contributed by atoms with Crippen LogP contribution in [-0.2, 0) is 9.59 Å². The smallest absolute Gasteiger partial charge is 0.368 e. The molecule has 3 N–H and O–H groups in total. The second kappa shape index (κ2) is 13.3. The molecule has 0 aliphatic rings. The van der Waals surface area contributed by atoms with E-state index in [1.807, 2.05) is 20.8 Å². The summed E-state index contributed by atoms with van der Waals surface area (Å²) in [5.74, 6) is -2.02. The highest BCUT2D eigenvalue weighted by Crippen LogP contribution is 2.36. The highest BCUT2D eigenvalue weighted by Gasteiger charge is 2.22. The van der Waals surface area contributed by atoms with Crippen molar-refractivity contribution in [2.75, 3.05) is 26.0 Å². The molecule has 0 bridgehead atoms. The molecule has 7 nitrogen and oxygen atoms in total. The number of carbonyl (C=O) groups is 3. The van der Waals surface area contributed by atoms with Crippen molar-refractivity contribution < 1.29 is 24.6 Å². The van der Waals surface area contributed by atoms with Gasteiger partial charge in [0.15, 0.2) is 0 Å². The molecule has 150 valence electrons. The summed E-state index contributed by atoms with van der Waals surface area (Å²) in [6.45, 7) is 13.7. The molecule has 1 heterocycles. The number of carboxylic acids is 2. The van der Waals surface area contributed by atoms with Gasteiger partial charge in [0.1, 0.15) is 5.00 Å². The zero-order valence-electron chi connectivity index (χ0n) is 16.9. The second-order valence-electron chi connectivity index (χ2n) is 6.11. The van der Waals surface area contributed by atoms with E-state index in [0.29, 0.717) is 11.6 Å². The van der Waals surface area contributed by atoms with Gasteiger partial charge in [0.2, 0.25) is 6.29 Å². The lowest BCUT2D eigenvalue weighted by atomic mass is 9.99. The standard InChI is InChI=1S/C10H15NO2S.C6H15N.C2H2O3/c1-5(2)7-6(3)14-9(11-4)8(7)10(12)13;1-5-7(4)6(2)3;3-1-2(4)5/h5,11H,1-4H3,(H,12,13);6H,5H2,1-4H3;1H,(H,4,5). The zero-order valence-corrected chi connectivity index (χ0v) is 17.7. The van der Waals surface area contributed by atoms with Crippen molar-refractivity contribution in [2.45, 2.75) is 53.5 Å². The van der Waals surface area contributed by atoms with E-state index >= 15 is 0 Å². The van der Waals surface area contributed by atoms with Crippen LogP contribution < -0.4 is 5.32 Å². The lowest BCUT2D eigenvalue weighted by molar-refractivity contribution is -0.143. The lowest BCUT2D eigenvalue weighted by Gasteiger charge is -2.17. The highest BCUT2D eigenvalue weighted by atomic mass is 32.1. The summed E-state index contributed by atoms with van der Waals surface area (Å²) in [6, 6.07) is 0.699. The maximum absolute atomic E-state index is 11.1. The van der Waals surface area contributed by atoms with Gasteiger partial charge in [-0.3, -0.25) is 4.79 Å². The van der Waals surface area contributed by atoms with E-state index < -0.39 is 11.9 Å². The molecule has 0 aromatic carbocycles. The summed E-state index contributed by atoms with van der Waals surface area (Å²) in [7, 11) is 3.88. The van der Waals surface area contributed by atoms with E-state index in [9.17, 15) is 4.79 Å². The fourth-order valence-corrected chi connectivity index (χ4v) is 3.16. The largest absolute Gasteiger partial charge is 0.478 e. The molecular weight excluding hydrogens is 356 g/mol. The van der Waals surface area contributed by atoms with Crippen LogP contribution in [0.15, 0.2) is 0 Å². The summed E-state index contributed by atoms with van der Waals surface area (Å²) in [5, 5.41) is 20.1. The maximum atomic E-state index is 11.1. The highest BCUT2D eigenvalue weighted by molar-refractivity contribution is 7.16. The molecule has 0 radical (unpaired) electrons. The van der Waals surface area contributed by atoms with E-state index in [2.05, 4.69) is 38.0 Å². The van der Waals surface area contributed by atoms with Crippen molar-refractivity contribution in [1.82, 2.24) is 4.90 Å². The Labute approximate surface area is 160 Å². The third kappa shape index (κ3) is 9.53. The minimum Gasteiger partial charge on any atom is -0.478 e. The second-order valence-corrected chi connectivity index (χ2v) is 7.33. The monoisotopic (exact) mass is 388 g/mol. The van der Waals surface area contributed by atoms with Crippen molar-refractivity contribution in [3.05, 3.63) is 16.0 Å². The third-order valence-electron chi connectivity index (χ3n) is 3.63. The Morgan fingerprint density at radius 1 is 1.23 bits per heavy atom. The van der Waals surface area contributed by atoms with Crippen LogP contribution in [0.1, 0.15) is 61.3 Å². The van der Waals surface area contributed by atoms with E-state index in [-0.39, 0.29) is 12.2 Å². The van der Waals surface area contributed by atoms with Gasteiger partial charge in [-0.25, -0.2) is 9.59 Å². The Kier molecular flexibility index (Phi) is 13.5. The van der Waals surface area contributed by atoms with Crippen LogP contribution in [0.2, 0.25) is 0 Å². The molecule has 0 spiro atoms. The molecular formula is C18H32N2O5S. The molecule has 8 heteroatoms. The number of hydrogen-bond donors (Lipinski definition) is 3. The zero-order chi connectivity index (χ0) is 21.0. The molecule has 1 rings (SSSR count). The molecule has 1 aromatic rings. The van der Waals surface area contributed by atoms with Crippen molar-refractivity contribution in [3.8, 4) is 0 Å². The van der Waals surface area contributed by atoms with E-state index in [1.165, 1.54) is 11.3 Å². The summed E-state index contributed by atoms with van der Waals surface area (Å²) >= 11 is 1.51. The average Bonchev–Trinajstić information content (AvgIpc) is 2.91. The van der Waals surface area contributed by atoms with Gasteiger partial charge in [0.05, 0.1) is 5.56 Å². The minimum atomic E-state index is -1.43. The molecule has 26 heavy (non-hydrogen) atoms. The number of carbonyl (C=O) groups excluding carboxylic acids is 1. The number of aliphatic carboxylic acids is 1. The Hall–Kier alpha value is -1.93. The lowest BCUT2D eigenvalue weighted by Crippen LogP contribution is -2.25. The molecule has 0 unspecified atom stereocenters. The van der Waals surface area contributed by atoms with Crippen molar-refractivity contribution in [3.63, 3.8) is 0 Å². The van der Waals surface area contributed by atoms with E-state index in [4.69, 9.17) is 19.8 Å². The summed E-state index contributed by atoms with van der Waals surface area (Å²) in [4.78, 5) is 32.4. The number of rotatable bonds is 6. The van der Waals surface area contributed by atoms with Crippen molar-refractivity contribution in [1.29, 1.82) is 0 Å². The number of hydrogen-bond acceptors (Lipinski definition) is 6. The van der Waals surface area contributed by atoms with Gasteiger partial charge in [-0.2, -0.15) is 0 Å². The molecule has 0 saturated carbocycles. The Morgan fingerprint density at radius 3 is 1.88 bits per heavy atom. The van der Waals surface area contributed by atoms with Crippen LogP contribution >= 0.6 is 11.3 Å². The molecule has 0 saturated heterocycles. The normalized spacial score (nSPS) is 9.96. The predicted octanol–water partition coefficient (Wildman–Crippen LogP) is 3.54. The first kappa shape index (κ1) is 26.3. The first-order valence-electron chi connectivity index (χ1n) is 8.36. The van der Waals surface area contributed by atoms with Gasteiger partial charge in [0.25, 0.3) is 0 Å². The topological polar surface area (TPSA) is 107 Å². The molecule has 1 aromatic heterocycles. The quantitative estimate of drug-likeness (QED) is 0.505. The van der Waals surface area contributed by atoms with Crippen LogP contribution in [0, 0.1) is 6.92 Å². The van der Waals surface area contributed by atoms with Gasteiger partial charge in [-0.05, 0) is 45.8 Å². The fourth-order valence-electron chi connectivity index (χ4n) is 2.01. The summed E-state index contributed by atoms with van der Waals surface area (Å²) in [5.41, 5.74) is 1.39. The van der Waals surface area contributed by atoms with Crippen LogP contribution in [0.5, 0.6) is 0 Å². The number of nitrogens with zero attached hydrogens (tertiary/aromatic N) is 1. The van der Waals surface area contributed by atoms with Crippen molar-refractivity contribution in [2.24, 2.45) is 0 Å². The Bertz CT molecular complexity index is 582. The first-order chi connectivity index (χ1) is 11.9. The minimum absolute atomic E-state index is 0.167. The van der Waals surface area contributed by atoms with E-state index in [1.54, 1.807) is 7.05 Å². The number of aryl methyl sites for hydroxylation is 1. The number of anilines is 1. The van der Waals surface area contributed by atoms with Crippen LogP contribution in [-0.4, -0.2) is 60.0 Å². The maximum Gasteiger partial charge on any atom is 0.368 e. The SMILES string of the molecule is CCN(C)C(C)C.CNc1sc(C)c(C(C)C)c1C(=O)O.O=CC(=O)O. The fraction of sp³-hybridized carbons (Fsp3) is 0.611. The Morgan fingerprint density at radius 2 is 1.69 bits per heavy atom. The van der Waals surface area contributed by atoms with Gasteiger partial charge in [-0.15, -0.1) is 11.3 Å². The van der Waals surface area contributed by atoms with Gasteiger partial charge in [0, 0.05) is 18.0 Å². The molecule has 0 fully saturated rings. The molecule has 0 aliphatic heterocycles. The third-order valence-corrected chi connectivity index (χ3v) is 4.77. The predicted molar refractivity (Wildman–Crippen MR) is 107 cm³/mol.